The Bertz CT molecular complexity index is 181. The molecular weight excluding hydrogens is 116 g/mol. The topological polar surface area (TPSA) is 34.1 Å². The second kappa shape index (κ2) is 1.43. The third-order valence-corrected chi connectivity index (χ3v) is 2.29. The molecule has 2 fully saturated rings. The number of carbonyl (C=O) groups is 2. The molecule has 2 saturated carbocycles. The molecule has 0 aromatic heterocycles. The zero-order valence-electron chi connectivity index (χ0n) is 5.09. The molecule has 2 unspecified atom stereocenters. The van der Waals surface area contributed by atoms with Crippen molar-refractivity contribution in [2.75, 3.05) is 0 Å². The molecule has 0 spiro atoms. The highest BCUT2D eigenvalue weighted by atomic mass is 16.1. The van der Waals surface area contributed by atoms with Gasteiger partial charge in [-0.05, 0) is 6.42 Å². The van der Waals surface area contributed by atoms with Gasteiger partial charge in [0.1, 0.15) is 11.6 Å². The Morgan fingerprint density at radius 3 is 2.56 bits per heavy atom. The number of carbonyl (C=O) groups excluding carboxylic acids is 2. The van der Waals surface area contributed by atoms with Crippen LogP contribution in [0.25, 0.3) is 0 Å². The Morgan fingerprint density at radius 1 is 1.22 bits per heavy atom. The van der Waals surface area contributed by atoms with Gasteiger partial charge in [0, 0.05) is 24.7 Å². The molecule has 2 atom stereocenters. The number of hydrogen-bond acceptors (Lipinski definition) is 2. The van der Waals surface area contributed by atoms with Gasteiger partial charge in [-0.1, -0.05) is 0 Å². The fraction of sp³-hybridized carbons (Fsp3) is 0.714. The fourth-order valence-electron chi connectivity index (χ4n) is 1.60. The molecule has 0 aromatic carbocycles. The first-order valence-electron chi connectivity index (χ1n) is 3.34. The lowest BCUT2D eigenvalue weighted by Crippen LogP contribution is -2.05. The van der Waals surface area contributed by atoms with Crippen LogP contribution in [0.5, 0.6) is 0 Å². The third kappa shape index (κ3) is 0.622. The summed E-state index contributed by atoms with van der Waals surface area (Å²) in [6.45, 7) is 0. The van der Waals surface area contributed by atoms with Crippen molar-refractivity contribution in [2.24, 2.45) is 11.8 Å². The molecule has 0 amide bonds. The van der Waals surface area contributed by atoms with Crippen molar-refractivity contribution in [2.45, 2.75) is 19.3 Å². The second-order valence-electron chi connectivity index (χ2n) is 2.90. The molecule has 0 aliphatic heterocycles. The maximum Gasteiger partial charge on any atom is 0.140 e. The van der Waals surface area contributed by atoms with Gasteiger partial charge in [0.2, 0.25) is 0 Å². The Balaban J connectivity index is 2.11. The SMILES string of the molecule is O=C1CCC2C(=O)C2C1. The molecule has 0 radical (unpaired) electrons. The Labute approximate surface area is 53.2 Å². The van der Waals surface area contributed by atoms with E-state index in [-0.39, 0.29) is 11.7 Å². The summed E-state index contributed by atoms with van der Waals surface area (Å²) < 4.78 is 0. The van der Waals surface area contributed by atoms with Gasteiger partial charge < -0.3 is 0 Å². The first-order valence-corrected chi connectivity index (χ1v) is 3.34. The van der Waals surface area contributed by atoms with Gasteiger partial charge in [0.25, 0.3) is 0 Å². The highest BCUT2D eigenvalue weighted by Crippen LogP contribution is 2.43. The van der Waals surface area contributed by atoms with E-state index in [9.17, 15) is 9.59 Å². The maximum absolute atomic E-state index is 10.7. The highest BCUT2D eigenvalue weighted by Gasteiger charge is 2.51. The molecule has 0 aromatic rings. The number of Topliss-reactive ketones (excluding diaryl/α,β-unsaturated/α-hetero) is 2. The van der Waals surface area contributed by atoms with Crippen LogP contribution in [0.15, 0.2) is 0 Å². The lowest BCUT2D eigenvalue weighted by atomic mass is 10.00. The molecule has 0 bridgehead atoms. The van der Waals surface area contributed by atoms with E-state index < -0.39 is 0 Å². The predicted molar refractivity (Wildman–Crippen MR) is 30.8 cm³/mol. The van der Waals surface area contributed by atoms with Crippen LogP contribution < -0.4 is 0 Å². The molecule has 2 aliphatic carbocycles. The number of ketones is 2. The summed E-state index contributed by atoms with van der Waals surface area (Å²) in [7, 11) is 0. The van der Waals surface area contributed by atoms with Gasteiger partial charge >= 0.3 is 0 Å². The van der Waals surface area contributed by atoms with Crippen LogP contribution in [-0.2, 0) is 9.59 Å². The minimum atomic E-state index is 0.159. The lowest BCUT2D eigenvalue weighted by molar-refractivity contribution is -0.121. The zero-order chi connectivity index (χ0) is 6.43. The minimum absolute atomic E-state index is 0.159. The Kier molecular flexibility index (Phi) is 0.821. The maximum atomic E-state index is 10.7. The van der Waals surface area contributed by atoms with Crippen LogP contribution >= 0.6 is 0 Å². The average molecular weight is 124 g/mol. The van der Waals surface area contributed by atoms with Crippen molar-refractivity contribution in [1.29, 1.82) is 0 Å². The first-order chi connectivity index (χ1) is 4.29. The van der Waals surface area contributed by atoms with Gasteiger partial charge in [-0.2, -0.15) is 0 Å². The van der Waals surface area contributed by atoms with Gasteiger partial charge in [-0.3, -0.25) is 9.59 Å². The summed E-state index contributed by atoms with van der Waals surface area (Å²) in [6, 6.07) is 0. The second-order valence-corrected chi connectivity index (χ2v) is 2.90. The third-order valence-electron chi connectivity index (χ3n) is 2.29. The van der Waals surface area contributed by atoms with E-state index in [1.54, 1.807) is 0 Å². The number of fused-ring (bicyclic) bond motifs is 1. The summed E-state index contributed by atoms with van der Waals surface area (Å²) in [4.78, 5) is 21.4. The number of rotatable bonds is 0. The summed E-state index contributed by atoms with van der Waals surface area (Å²) in [5.41, 5.74) is 0. The quantitative estimate of drug-likeness (QED) is 0.472. The fourth-order valence-corrected chi connectivity index (χ4v) is 1.60. The van der Waals surface area contributed by atoms with Crippen LogP contribution in [0.4, 0.5) is 0 Å². The lowest BCUT2D eigenvalue weighted by Gasteiger charge is -2.02. The standard InChI is InChI=1S/C7H8O2/c8-4-1-2-5-6(3-4)7(5)9/h5-6H,1-3H2. The van der Waals surface area contributed by atoms with Crippen LogP contribution in [0.1, 0.15) is 19.3 Å². The van der Waals surface area contributed by atoms with Crippen LogP contribution in [-0.4, -0.2) is 11.6 Å². The van der Waals surface area contributed by atoms with Crippen LogP contribution in [0.2, 0.25) is 0 Å². The molecule has 48 valence electrons. The molecule has 2 nitrogen and oxygen atoms in total. The largest absolute Gasteiger partial charge is 0.300 e. The van der Waals surface area contributed by atoms with E-state index in [1.165, 1.54) is 0 Å². The van der Waals surface area contributed by atoms with Gasteiger partial charge in [0.15, 0.2) is 0 Å². The van der Waals surface area contributed by atoms with Crippen molar-refractivity contribution in [3.63, 3.8) is 0 Å². The summed E-state index contributed by atoms with van der Waals surface area (Å²) in [6.07, 6.45) is 2.03. The summed E-state index contributed by atoms with van der Waals surface area (Å²) in [5.74, 6) is 1.07. The molecule has 2 heteroatoms. The minimum Gasteiger partial charge on any atom is -0.300 e. The van der Waals surface area contributed by atoms with E-state index in [2.05, 4.69) is 0 Å². The van der Waals surface area contributed by atoms with Crippen molar-refractivity contribution < 1.29 is 9.59 Å². The zero-order valence-corrected chi connectivity index (χ0v) is 5.09. The van der Waals surface area contributed by atoms with Gasteiger partial charge in [-0.15, -0.1) is 0 Å². The highest BCUT2D eigenvalue weighted by molar-refractivity contribution is 6.04. The van der Waals surface area contributed by atoms with Crippen molar-refractivity contribution in [3.8, 4) is 0 Å². The van der Waals surface area contributed by atoms with Crippen molar-refractivity contribution in [1.82, 2.24) is 0 Å². The van der Waals surface area contributed by atoms with E-state index >= 15 is 0 Å². The van der Waals surface area contributed by atoms with E-state index in [0.29, 0.717) is 24.5 Å². The van der Waals surface area contributed by atoms with Crippen LogP contribution in [0, 0.1) is 11.8 Å². The molecule has 9 heavy (non-hydrogen) atoms. The molecule has 2 aliphatic rings. The van der Waals surface area contributed by atoms with E-state index in [0.717, 1.165) is 6.42 Å². The predicted octanol–water partition coefficient (Wildman–Crippen LogP) is 0.554. The number of hydrogen-bond donors (Lipinski definition) is 0. The van der Waals surface area contributed by atoms with Gasteiger partial charge in [-0.25, -0.2) is 0 Å². The van der Waals surface area contributed by atoms with Crippen molar-refractivity contribution in [3.05, 3.63) is 0 Å². The monoisotopic (exact) mass is 124 g/mol. The van der Waals surface area contributed by atoms with Crippen LogP contribution in [0.3, 0.4) is 0 Å². The Morgan fingerprint density at radius 2 is 2.00 bits per heavy atom. The summed E-state index contributed by atoms with van der Waals surface area (Å²) in [5, 5.41) is 0. The molecule has 0 N–H and O–H groups in total. The van der Waals surface area contributed by atoms with E-state index in [4.69, 9.17) is 0 Å². The summed E-state index contributed by atoms with van der Waals surface area (Å²) >= 11 is 0. The molecule has 0 saturated heterocycles. The van der Waals surface area contributed by atoms with Gasteiger partial charge in [0.05, 0.1) is 0 Å². The smallest absolute Gasteiger partial charge is 0.140 e. The van der Waals surface area contributed by atoms with E-state index in [1.807, 2.05) is 0 Å². The first kappa shape index (κ1) is 5.15. The van der Waals surface area contributed by atoms with Crippen molar-refractivity contribution >= 4 is 11.6 Å². The Hall–Kier alpha value is -0.660. The normalized spacial score (nSPS) is 40.4. The molecule has 2 rings (SSSR count). The average Bonchev–Trinajstić information content (AvgIpc) is 2.43. The molecular formula is C7H8O2. The molecule has 0 heterocycles.